The zero-order chi connectivity index (χ0) is 24.8. The van der Waals surface area contributed by atoms with Crippen LogP contribution in [-0.2, 0) is 4.79 Å². The van der Waals surface area contributed by atoms with Gasteiger partial charge in [0.05, 0.1) is 0 Å². The first kappa shape index (κ1) is 24.7. The molecular formula is C30H25O2PS3. The summed E-state index contributed by atoms with van der Waals surface area (Å²) >= 11 is 5.24. The fraction of sp³-hybridized carbons (Fsp3) is 0.0667. The molecule has 180 valence electrons. The first-order valence-corrected chi connectivity index (χ1v) is 16.5. The molecule has 0 amide bonds. The minimum absolute atomic E-state index is 0.214. The Morgan fingerprint density at radius 3 is 1.64 bits per heavy atom. The Hall–Kier alpha value is -2.95. The summed E-state index contributed by atoms with van der Waals surface area (Å²) < 4.78 is 6.66. The van der Waals surface area contributed by atoms with Crippen molar-refractivity contribution in [3.63, 3.8) is 0 Å². The van der Waals surface area contributed by atoms with E-state index in [0.717, 1.165) is 20.4 Å². The number of rotatable bonds is 8. The van der Waals surface area contributed by atoms with Crippen LogP contribution in [0.4, 0.5) is 0 Å². The normalized spacial score (nSPS) is 11.7. The van der Waals surface area contributed by atoms with E-state index < -0.39 is 7.26 Å². The SMILES string of the molecule is O=C(CC[PH](c1ccccc1)(c1ccccc1)c1ccccc1)Oc1ccc(-c2cc(=S)ss2)cc1. The molecule has 0 saturated carbocycles. The molecule has 0 aliphatic rings. The van der Waals surface area contributed by atoms with Crippen molar-refractivity contribution in [1.29, 1.82) is 0 Å². The quantitative estimate of drug-likeness (QED) is 0.0678. The maximum atomic E-state index is 13.1. The Kier molecular flexibility index (Phi) is 7.84. The monoisotopic (exact) mass is 544 g/mol. The third-order valence-corrected chi connectivity index (χ3v) is 14.2. The van der Waals surface area contributed by atoms with Crippen LogP contribution in [0, 0.1) is 3.82 Å². The van der Waals surface area contributed by atoms with E-state index >= 15 is 0 Å². The predicted octanol–water partition coefficient (Wildman–Crippen LogP) is 7.23. The number of esters is 1. The van der Waals surface area contributed by atoms with E-state index in [1.807, 2.05) is 48.5 Å². The topological polar surface area (TPSA) is 26.3 Å². The van der Waals surface area contributed by atoms with Crippen LogP contribution >= 0.6 is 40.2 Å². The van der Waals surface area contributed by atoms with Gasteiger partial charge in [0.2, 0.25) is 0 Å². The van der Waals surface area contributed by atoms with Gasteiger partial charge in [-0.1, -0.05) is 0 Å². The van der Waals surface area contributed by atoms with Gasteiger partial charge in [-0.2, -0.15) is 0 Å². The number of benzene rings is 4. The van der Waals surface area contributed by atoms with E-state index in [1.54, 1.807) is 20.7 Å². The summed E-state index contributed by atoms with van der Waals surface area (Å²) in [5.41, 5.74) is 1.08. The van der Waals surface area contributed by atoms with Crippen LogP contribution in [0.25, 0.3) is 10.4 Å². The van der Waals surface area contributed by atoms with Gasteiger partial charge in [-0.3, -0.25) is 0 Å². The number of hydrogen-bond donors (Lipinski definition) is 0. The van der Waals surface area contributed by atoms with Crippen molar-refractivity contribution in [2.24, 2.45) is 0 Å². The van der Waals surface area contributed by atoms with Gasteiger partial charge in [-0.15, -0.1) is 0 Å². The van der Waals surface area contributed by atoms with Crippen LogP contribution < -0.4 is 20.7 Å². The van der Waals surface area contributed by atoms with Gasteiger partial charge >= 0.3 is 225 Å². The number of hydrogen-bond acceptors (Lipinski definition) is 5. The first-order valence-electron chi connectivity index (χ1n) is 11.7. The van der Waals surface area contributed by atoms with Crippen LogP contribution in [0.5, 0.6) is 5.75 Å². The Balaban J connectivity index is 1.42. The Morgan fingerprint density at radius 2 is 1.19 bits per heavy atom. The molecule has 0 unspecified atom stereocenters. The number of ether oxygens (including phenoxy) is 1. The molecule has 6 heteroatoms. The second kappa shape index (κ2) is 11.4. The molecule has 0 aliphatic carbocycles. The van der Waals surface area contributed by atoms with Gasteiger partial charge in [0.15, 0.2) is 0 Å². The van der Waals surface area contributed by atoms with E-state index in [9.17, 15) is 4.79 Å². The first-order chi connectivity index (χ1) is 17.6. The molecule has 1 heterocycles. The Morgan fingerprint density at radius 1 is 0.694 bits per heavy atom. The number of carbonyl (C=O) groups is 1. The van der Waals surface area contributed by atoms with Gasteiger partial charge in [0, 0.05) is 0 Å². The Labute approximate surface area is 224 Å². The minimum atomic E-state index is -2.46. The summed E-state index contributed by atoms with van der Waals surface area (Å²) in [4.78, 5) is 14.2. The third kappa shape index (κ3) is 5.40. The van der Waals surface area contributed by atoms with Crippen molar-refractivity contribution in [2.45, 2.75) is 6.42 Å². The molecule has 0 saturated heterocycles. The molecule has 0 aliphatic heterocycles. The molecule has 0 atom stereocenters. The molecule has 0 fully saturated rings. The fourth-order valence-corrected chi connectivity index (χ4v) is 11.8. The number of carbonyl (C=O) groups excluding carboxylic acids is 1. The zero-order valence-corrected chi connectivity index (χ0v) is 23.0. The van der Waals surface area contributed by atoms with E-state index in [-0.39, 0.29) is 5.97 Å². The summed E-state index contributed by atoms with van der Waals surface area (Å²) in [6.07, 6.45) is 1.05. The zero-order valence-electron chi connectivity index (χ0n) is 19.5. The predicted molar refractivity (Wildman–Crippen MR) is 160 cm³/mol. The van der Waals surface area contributed by atoms with Crippen molar-refractivity contribution in [3.8, 4) is 16.2 Å². The maximum absolute atomic E-state index is 13.1. The van der Waals surface area contributed by atoms with Crippen LogP contribution in [0.2, 0.25) is 0 Å². The van der Waals surface area contributed by atoms with E-state index in [0.29, 0.717) is 12.2 Å². The van der Waals surface area contributed by atoms with Gasteiger partial charge in [-0.25, -0.2) is 0 Å². The Bertz CT molecular complexity index is 1380. The summed E-state index contributed by atoms with van der Waals surface area (Å²) in [6.45, 7) is 0. The summed E-state index contributed by atoms with van der Waals surface area (Å²) in [5.74, 6) is 0.350. The molecule has 0 N–H and O–H groups in total. The van der Waals surface area contributed by atoms with E-state index in [4.69, 9.17) is 17.0 Å². The van der Waals surface area contributed by atoms with Crippen molar-refractivity contribution in [2.75, 3.05) is 6.16 Å². The molecule has 36 heavy (non-hydrogen) atoms. The van der Waals surface area contributed by atoms with Gasteiger partial charge in [0.1, 0.15) is 0 Å². The third-order valence-electron chi connectivity index (χ3n) is 6.34. The van der Waals surface area contributed by atoms with Crippen molar-refractivity contribution >= 4 is 62.0 Å². The molecular weight excluding hydrogens is 520 g/mol. The second-order valence-electron chi connectivity index (χ2n) is 8.50. The summed E-state index contributed by atoms with van der Waals surface area (Å²) in [5, 5.41) is 3.87. The fourth-order valence-electron chi connectivity index (χ4n) is 4.63. The average Bonchev–Trinajstić information content (AvgIpc) is 3.37. The molecule has 2 nitrogen and oxygen atoms in total. The molecule has 0 bridgehead atoms. The molecule has 4 aromatic carbocycles. The molecule has 5 aromatic rings. The molecule has 5 rings (SSSR count). The van der Waals surface area contributed by atoms with E-state index in [1.165, 1.54) is 15.9 Å². The van der Waals surface area contributed by atoms with Crippen LogP contribution in [0.1, 0.15) is 6.42 Å². The van der Waals surface area contributed by atoms with Gasteiger partial charge < -0.3 is 0 Å². The second-order valence-corrected chi connectivity index (χ2v) is 15.5. The van der Waals surface area contributed by atoms with Gasteiger partial charge in [-0.05, 0) is 0 Å². The van der Waals surface area contributed by atoms with Crippen LogP contribution in [0.15, 0.2) is 121 Å². The van der Waals surface area contributed by atoms with Crippen molar-refractivity contribution in [1.82, 2.24) is 0 Å². The van der Waals surface area contributed by atoms with Gasteiger partial charge in [0.25, 0.3) is 0 Å². The van der Waals surface area contributed by atoms with E-state index in [2.05, 4.69) is 72.8 Å². The van der Waals surface area contributed by atoms with Crippen molar-refractivity contribution in [3.05, 3.63) is 125 Å². The average molecular weight is 545 g/mol. The van der Waals surface area contributed by atoms with Crippen LogP contribution in [0.3, 0.4) is 0 Å². The molecule has 0 radical (unpaired) electrons. The summed E-state index contributed by atoms with van der Waals surface area (Å²) in [7, 11) is 0.791. The molecule has 0 spiro atoms. The summed E-state index contributed by atoms with van der Waals surface area (Å²) in [6, 6.07) is 41.6. The van der Waals surface area contributed by atoms with Crippen LogP contribution in [-0.4, -0.2) is 12.1 Å². The van der Waals surface area contributed by atoms with Crippen molar-refractivity contribution < 1.29 is 9.53 Å². The molecule has 1 aromatic heterocycles. The standard InChI is InChI=1S/C30H25O2PS3/c31-29(32-24-18-16-23(17-19-24)28-22-30(34)36-35-28)20-21-33(25-10-4-1-5-11-25,26-12-6-2-7-13-26)27-14-8-3-9-15-27/h1-19,22,33H,20-21H2.